The molecule has 0 radical (unpaired) electrons. The normalized spacial score (nSPS) is 26.4. The van der Waals surface area contributed by atoms with E-state index < -0.39 is 11.9 Å². The molecule has 1 aromatic rings. The largest absolute Gasteiger partial charge is 0.386 e. The average molecular weight is 256 g/mol. The van der Waals surface area contributed by atoms with E-state index >= 15 is 0 Å². The van der Waals surface area contributed by atoms with Crippen LogP contribution in [-0.4, -0.2) is 11.9 Å². The Hall–Kier alpha value is -1.90. The van der Waals surface area contributed by atoms with Crippen LogP contribution < -0.4 is 0 Å². The maximum absolute atomic E-state index is 11.5. The molecule has 1 saturated carbocycles. The molecule has 3 nitrogen and oxygen atoms in total. The minimum atomic E-state index is -0.508. The number of carbonyl (C=O) groups is 2. The third-order valence-corrected chi connectivity index (χ3v) is 4.05. The van der Waals surface area contributed by atoms with Crippen molar-refractivity contribution in [2.75, 3.05) is 0 Å². The van der Waals surface area contributed by atoms with Crippen molar-refractivity contribution in [1.82, 2.24) is 0 Å². The van der Waals surface area contributed by atoms with Gasteiger partial charge in [0.2, 0.25) is 0 Å². The highest BCUT2D eigenvalue weighted by atomic mass is 16.6. The number of esters is 2. The Morgan fingerprint density at radius 1 is 1.11 bits per heavy atom. The maximum atomic E-state index is 11.5. The van der Waals surface area contributed by atoms with Crippen LogP contribution in [0.4, 0.5) is 0 Å². The topological polar surface area (TPSA) is 43.4 Å². The number of rotatable bonds is 3. The summed E-state index contributed by atoms with van der Waals surface area (Å²) in [6.45, 7) is 0. The fourth-order valence-corrected chi connectivity index (χ4v) is 3.14. The zero-order chi connectivity index (χ0) is 13.2. The van der Waals surface area contributed by atoms with Gasteiger partial charge in [0.25, 0.3) is 0 Å². The number of carbonyl (C=O) groups excluding carboxylic acids is 2. The minimum absolute atomic E-state index is 0.202. The third-order valence-electron chi connectivity index (χ3n) is 4.05. The summed E-state index contributed by atoms with van der Waals surface area (Å²) in [5.41, 5.74) is 1.92. The molecule has 0 saturated heterocycles. The highest BCUT2D eigenvalue weighted by Crippen LogP contribution is 2.38. The van der Waals surface area contributed by atoms with E-state index in [9.17, 15) is 9.59 Å². The van der Waals surface area contributed by atoms with E-state index in [1.807, 2.05) is 6.07 Å². The number of hydrogen-bond acceptors (Lipinski definition) is 3. The van der Waals surface area contributed by atoms with Crippen LogP contribution in [0.25, 0.3) is 0 Å². The second-order valence-electron chi connectivity index (χ2n) is 5.37. The maximum Gasteiger partial charge on any atom is 0.342 e. The summed E-state index contributed by atoms with van der Waals surface area (Å²) in [4.78, 5) is 22.6. The molecule has 98 valence electrons. The second kappa shape index (κ2) is 5.00. The van der Waals surface area contributed by atoms with Crippen LogP contribution in [0.2, 0.25) is 0 Å². The Kier molecular flexibility index (Phi) is 3.20. The predicted octanol–water partition coefficient (Wildman–Crippen LogP) is 2.66. The van der Waals surface area contributed by atoms with E-state index in [-0.39, 0.29) is 5.92 Å². The summed E-state index contributed by atoms with van der Waals surface area (Å²) >= 11 is 0. The predicted molar refractivity (Wildman–Crippen MR) is 70.2 cm³/mol. The van der Waals surface area contributed by atoms with Crippen LogP contribution in [0.1, 0.15) is 24.8 Å². The monoisotopic (exact) mass is 256 g/mol. The van der Waals surface area contributed by atoms with Crippen molar-refractivity contribution in [2.45, 2.75) is 25.7 Å². The molecular weight excluding hydrogens is 240 g/mol. The first kappa shape index (κ1) is 12.2. The molecule has 1 fully saturated rings. The molecule has 3 rings (SSSR count). The summed E-state index contributed by atoms with van der Waals surface area (Å²) in [7, 11) is 0. The van der Waals surface area contributed by atoms with Crippen LogP contribution in [0.15, 0.2) is 42.0 Å². The van der Waals surface area contributed by atoms with Gasteiger partial charge in [-0.1, -0.05) is 30.3 Å². The van der Waals surface area contributed by atoms with Crippen molar-refractivity contribution in [3.63, 3.8) is 0 Å². The van der Waals surface area contributed by atoms with Crippen molar-refractivity contribution in [3.8, 4) is 0 Å². The lowest BCUT2D eigenvalue weighted by Crippen LogP contribution is -2.09. The average Bonchev–Trinajstić information content (AvgIpc) is 2.97. The SMILES string of the molecule is O=C1C=C(C2CCC(Cc3ccccc3)C2)C(=O)O1. The van der Waals surface area contributed by atoms with Crippen molar-refractivity contribution < 1.29 is 14.3 Å². The van der Waals surface area contributed by atoms with Gasteiger partial charge >= 0.3 is 11.9 Å². The van der Waals surface area contributed by atoms with Gasteiger partial charge in [-0.05, 0) is 43.1 Å². The molecule has 1 aliphatic carbocycles. The smallest absolute Gasteiger partial charge is 0.342 e. The van der Waals surface area contributed by atoms with Crippen LogP contribution in [0.5, 0.6) is 0 Å². The van der Waals surface area contributed by atoms with Crippen LogP contribution in [0, 0.1) is 11.8 Å². The van der Waals surface area contributed by atoms with Gasteiger partial charge in [-0.2, -0.15) is 0 Å². The fraction of sp³-hybridized carbons (Fsp3) is 0.375. The van der Waals surface area contributed by atoms with Gasteiger partial charge in [0, 0.05) is 11.6 Å². The van der Waals surface area contributed by atoms with E-state index in [1.165, 1.54) is 11.6 Å². The first-order valence-electron chi connectivity index (χ1n) is 6.74. The lowest BCUT2D eigenvalue weighted by atomic mass is 9.93. The molecule has 0 N–H and O–H groups in total. The first-order chi connectivity index (χ1) is 9.22. The van der Waals surface area contributed by atoms with E-state index in [2.05, 4.69) is 29.0 Å². The molecule has 0 spiro atoms. The summed E-state index contributed by atoms with van der Waals surface area (Å²) in [5, 5.41) is 0. The Labute approximate surface area is 112 Å². The quantitative estimate of drug-likeness (QED) is 0.617. The summed E-state index contributed by atoms with van der Waals surface area (Å²) in [5.74, 6) is -0.147. The van der Waals surface area contributed by atoms with Crippen LogP contribution in [0.3, 0.4) is 0 Å². The van der Waals surface area contributed by atoms with Gasteiger partial charge in [-0.3, -0.25) is 0 Å². The van der Waals surface area contributed by atoms with Gasteiger partial charge in [0.05, 0.1) is 0 Å². The molecule has 0 amide bonds. The molecule has 19 heavy (non-hydrogen) atoms. The van der Waals surface area contributed by atoms with Gasteiger partial charge < -0.3 is 4.74 Å². The second-order valence-corrected chi connectivity index (χ2v) is 5.37. The Balaban J connectivity index is 1.63. The van der Waals surface area contributed by atoms with Gasteiger partial charge in [0.15, 0.2) is 0 Å². The molecule has 1 heterocycles. The summed E-state index contributed by atoms with van der Waals surface area (Å²) < 4.78 is 4.57. The number of benzene rings is 1. The molecule has 2 atom stereocenters. The zero-order valence-electron chi connectivity index (χ0n) is 10.7. The lowest BCUT2D eigenvalue weighted by Gasteiger charge is -2.11. The molecule has 2 unspecified atom stereocenters. The molecule has 0 bridgehead atoms. The number of cyclic esters (lactones) is 2. The number of hydrogen-bond donors (Lipinski definition) is 0. The van der Waals surface area contributed by atoms with Gasteiger partial charge in [0.1, 0.15) is 0 Å². The van der Waals surface area contributed by atoms with Crippen molar-refractivity contribution >= 4 is 11.9 Å². The highest BCUT2D eigenvalue weighted by molar-refractivity contribution is 6.09. The molecular formula is C16H16O3. The van der Waals surface area contributed by atoms with Crippen LogP contribution in [-0.2, 0) is 20.7 Å². The van der Waals surface area contributed by atoms with E-state index in [0.717, 1.165) is 25.7 Å². The summed E-state index contributed by atoms with van der Waals surface area (Å²) in [6.07, 6.45) is 5.48. The molecule has 1 aliphatic heterocycles. The highest BCUT2D eigenvalue weighted by Gasteiger charge is 2.35. The third kappa shape index (κ3) is 2.60. The Morgan fingerprint density at radius 3 is 2.58 bits per heavy atom. The first-order valence-corrected chi connectivity index (χ1v) is 6.74. The standard InChI is InChI=1S/C16H16O3/c17-15-10-14(16(18)19-15)13-7-6-12(9-13)8-11-4-2-1-3-5-11/h1-5,10,12-13H,6-9H2. The lowest BCUT2D eigenvalue weighted by molar-refractivity contribution is -0.150. The van der Waals surface area contributed by atoms with Crippen LogP contribution >= 0.6 is 0 Å². The van der Waals surface area contributed by atoms with Crippen molar-refractivity contribution in [1.29, 1.82) is 0 Å². The fourth-order valence-electron chi connectivity index (χ4n) is 3.14. The zero-order valence-corrected chi connectivity index (χ0v) is 10.7. The van der Waals surface area contributed by atoms with Crippen molar-refractivity contribution in [3.05, 3.63) is 47.5 Å². The molecule has 3 heteroatoms. The Bertz CT molecular complexity index is 530. The Morgan fingerprint density at radius 2 is 1.89 bits per heavy atom. The minimum Gasteiger partial charge on any atom is -0.386 e. The molecule has 2 aliphatic rings. The van der Waals surface area contributed by atoms with Crippen molar-refractivity contribution in [2.24, 2.45) is 11.8 Å². The van der Waals surface area contributed by atoms with Gasteiger partial charge in [-0.15, -0.1) is 0 Å². The van der Waals surface area contributed by atoms with E-state index in [1.54, 1.807) is 0 Å². The molecule has 0 aromatic heterocycles. The number of ether oxygens (including phenoxy) is 1. The van der Waals surface area contributed by atoms with Gasteiger partial charge in [-0.25, -0.2) is 9.59 Å². The van der Waals surface area contributed by atoms with E-state index in [4.69, 9.17) is 0 Å². The summed E-state index contributed by atoms with van der Waals surface area (Å²) in [6, 6.07) is 10.4. The molecule has 1 aromatic carbocycles. The van der Waals surface area contributed by atoms with E-state index in [0.29, 0.717) is 11.5 Å².